The zero-order valence-corrected chi connectivity index (χ0v) is 15.6. The van der Waals surface area contributed by atoms with Gasteiger partial charge in [-0.05, 0) is 25.1 Å². The number of nitrogens with one attached hydrogen (secondary N) is 2. The van der Waals surface area contributed by atoms with E-state index in [1.54, 1.807) is 5.32 Å². The van der Waals surface area contributed by atoms with Gasteiger partial charge in [-0.1, -0.05) is 11.6 Å². The first kappa shape index (κ1) is 23.6. The maximum atomic E-state index is 12.6. The van der Waals surface area contributed by atoms with E-state index in [4.69, 9.17) is 21.4 Å². The monoisotopic (exact) mass is 434 g/mol. The smallest absolute Gasteiger partial charge is 0.394 e. The molecule has 27 heavy (non-hydrogen) atoms. The van der Waals surface area contributed by atoms with Crippen LogP contribution in [0.1, 0.15) is 6.92 Å². The average Bonchev–Trinajstić information content (AvgIpc) is 2.55. The van der Waals surface area contributed by atoms with Gasteiger partial charge < -0.3 is 20.3 Å². The minimum Gasteiger partial charge on any atom is -0.394 e. The zero-order chi connectivity index (χ0) is 20.9. The molecule has 0 unspecified atom stereocenters. The molecule has 0 fully saturated rings. The van der Waals surface area contributed by atoms with Gasteiger partial charge in [-0.25, -0.2) is 13.1 Å². The lowest BCUT2D eigenvalue weighted by molar-refractivity contribution is -0.242. The second kappa shape index (κ2) is 9.17. The Balaban J connectivity index is 2.86. The third kappa shape index (κ3) is 6.30. The summed E-state index contributed by atoms with van der Waals surface area (Å²) in [4.78, 5) is 11.3. The molecule has 13 heteroatoms. The summed E-state index contributed by atoms with van der Waals surface area (Å²) in [7, 11) is -3.99. The Morgan fingerprint density at radius 3 is 2.44 bits per heavy atom. The number of anilines is 1. The fourth-order valence-corrected chi connectivity index (χ4v) is 2.97. The summed E-state index contributed by atoms with van der Waals surface area (Å²) < 4.78 is 69.2. The van der Waals surface area contributed by atoms with Gasteiger partial charge in [0.25, 0.3) is 5.91 Å². The molecule has 1 aromatic carbocycles. The first-order valence-electron chi connectivity index (χ1n) is 7.41. The van der Waals surface area contributed by atoms with Crippen LogP contribution in [0.3, 0.4) is 0 Å². The summed E-state index contributed by atoms with van der Waals surface area (Å²) in [6.45, 7) is 0.0271. The van der Waals surface area contributed by atoms with E-state index in [9.17, 15) is 31.5 Å². The Hall–Kier alpha value is -1.44. The molecule has 1 amide bonds. The Morgan fingerprint density at radius 1 is 1.30 bits per heavy atom. The summed E-state index contributed by atoms with van der Waals surface area (Å²) in [5.41, 5.74) is -3.96. The van der Waals surface area contributed by atoms with Crippen molar-refractivity contribution in [3.63, 3.8) is 0 Å². The highest BCUT2D eigenvalue weighted by Crippen LogP contribution is 2.32. The number of halogens is 4. The van der Waals surface area contributed by atoms with Crippen LogP contribution in [0.2, 0.25) is 5.02 Å². The number of aliphatic hydroxyl groups excluding tert-OH is 1. The Labute approximate surface area is 158 Å². The lowest BCUT2D eigenvalue weighted by Crippen LogP contribution is -2.52. The van der Waals surface area contributed by atoms with Crippen LogP contribution in [0.25, 0.3) is 0 Å². The molecule has 0 spiro atoms. The lowest BCUT2D eigenvalue weighted by Gasteiger charge is -2.25. The van der Waals surface area contributed by atoms with Crippen LogP contribution in [0.4, 0.5) is 18.9 Å². The van der Waals surface area contributed by atoms with Gasteiger partial charge in [-0.2, -0.15) is 13.2 Å². The van der Waals surface area contributed by atoms with E-state index in [1.165, 1.54) is 0 Å². The standard InChI is InChI=1S/C14H18ClF3N2O6S/c1-13(23,14(16,17)18)12(22)20-11-3-2-9(8-10(11)15)27(24,25)19-4-6-26-7-5-21/h2-3,8,19,21,23H,4-7H2,1H3,(H,20,22)/t13-/m1/s1. The fraction of sp³-hybridized carbons (Fsp3) is 0.500. The molecule has 0 bridgehead atoms. The van der Waals surface area contributed by atoms with Gasteiger partial charge in [0, 0.05) is 6.54 Å². The second-order valence-corrected chi connectivity index (χ2v) is 7.57. The third-order valence-electron chi connectivity index (χ3n) is 3.27. The summed E-state index contributed by atoms with van der Waals surface area (Å²) in [5.74, 6) is -1.77. The number of carbonyl (C=O) groups excluding carboxylic acids is 1. The molecule has 0 aliphatic heterocycles. The molecule has 1 atom stereocenters. The highest BCUT2D eigenvalue weighted by atomic mass is 35.5. The normalized spacial score (nSPS) is 14.6. The van der Waals surface area contributed by atoms with Crippen molar-refractivity contribution in [3.05, 3.63) is 23.2 Å². The van der Waals surface area contributed by atoms with Crippen molar-refractivity contribution in [2.75, 3.05) is 31.7 Å². The Bertz CT molecular complexity index is 771. The molecule has 8 nitrogen and oxygen atoms in total. The number of ether oxygens (including phenoxy) is 1. The van der Waals surface area contributed by atoms with Gasteiger partial charge in [-0.3, -0.25) is 4.79 Å². The Kier molecular flexibility index (Phi) is 8.01. The molecule has 0 aromatic heterocycles. The first-order chi connectivity index (χ1) is 12.3. The molecular weight excluding hydrogens is 417 g/mol. The van der Waals surface area contributed by atoms with Crippen LogP contribution in [-0.2, 0) is 19.6 Å². The van der Waals surface area contributed by atoms with Crippen LogP contribution in [0, 0.1) is 0 Å². The zero-order valence-electron chi connectivity index (χ0n) is 14.0. The number of rotatable bonds is 9. The number of aliphatic hydroxyl groups is 2. The Morgan fingerprint density at radius 2 is 1.93 bits per heavy atom. The van der Waals surface area contributed by atoms with Crippen LogP contribution >= 0.6 is 11.6 Å². The minimum absolute atomic E-state index is 0.00812. The molecule has 1 rings (SSSR count). The molecule has 154 valence electrons. The van der Waals surface area contributed by atoms with E-state index in [-0.39, 0.29) is 48.9 Å². The number of hydrogen-bond acceptors (Lipinski definition) is 6. The molecule has 0 aliphatic rings. The number of alkyl halides is 3. The molecule has 1 aromatic rings. The van der Waals surface area contributed by atoms with E-state index >= 15 is 0 Å². The number of hydrogen-bond donors (Lipinski definition) is 4. The fourth-order valence-electron chi connectivity index (χ4n) is 1.64. The van der Waals surface area contributed by atoms with Crippen molar-refractivity contribution in [2.24, 2.45) is 0 Å². The molecule has 0 saturated carbocycles. The number of carbonyl (C=O) groups is 1. The number of benzene rings is 1. The maximum absolute atomic E-state index is 12.6. The van der Waals surface area contributed by atoms with Gasteiger partial charge in [0.05, 0.1) is 35.4 Å². The highest BCUT2D eigenvalue weighted by Gasteiger charge is 2.55. The topological polar surface area (TPSA) is 125 Å². The minimum atomic E-state index is -5.21. The van der Waals surface area contributed by atoms with Gasteiger partial charge >= 0.3 is 6.18 Å². The van der Waals surface area contributed by atoms with Crippen LogP contribution < -0.4 is 10.0 Å². The van der Waals surface area contributed by atoms with Crippen molar-refractivity contribution >= 4 is 33.2 Å². The first-order valence-corrected chi connectivity index (χ1v) is 9.27. The van der Waals surface area contributed by atoms with Crippen LogP contribution in [0.15, 0.2) is 23.1 Å². The molecule has 0 saturated heterocycles. The molecule has 0 radical (unpaired) electrons. The SMILES string of the molecule is C[C@@](O)(C(=O)Nc1ccc(S(=O)(=O)NCCOCCO)cc1Cl)C(F)(F)F. The van der Waals surface area contributed by atoms with Crippen molar-refractivity contribution in [1.82, 2.24) is 4.72 Å². The van der Waals surface area contributed by atoms with Gasteiger partial charge in [0.2, 0.25) is 15.6 Å². The summed E-state index contributed by atoms with van der Waals surface area (Å²) in [5, 5.41) is 19.3. The summed E-state index contributed by atoms with van der Waals surface area (Å²) in [6, 6.07) is 2.93. The number of sulfonamides is 1. The summed E-state index contributed by atoms with van der Waals surface area (Å²) in [6.07, 6.45) is -5.21. The van der Waals surface area contributed by atoms with Crippen LogP contribution in [-0.4, -0.2) is 62.7 Å². The lowest BCUT2D eigenvalue weighted by atomic mass is 10.1. The average molecular weight is 435 g/mol. The third-order valence-corrected chi connectivity index (χ3v) is 5.04. The quantitative estimate of drug-likeness (QED) is 0.428. The summed E-state index contributed by atoms with van der Waals surface area (Å²) >= 11 is 5.82. The van der Waals surface area contributed by atoms with Crippen molar-refractivity contribution in [2.45, 2.75) is 23.6 Å². The van der Waals surface area contributed by atoms with Crippen molar-refractivity contribution < 1.29 is 41.3 Å². The number of amides is 1. The predicted octanol–water partition coefficient (Wildman–Crippen LogP) is 0.879. The second-order valence-electron chi connectivity index (χ2n) is 5.40. The maximum Gasteiger partial charge on any atom is 0.426 e. The van der Waals surface area contributed by atoms with E-state index < -0.39 is 27.7 Å². The van der Waals surface area contributed by atoms with Gasteiger partial charge in [0.15, 0.2) is 0 Å². The molecular formula is C14H18ClF3N2O6S. The largest absolute Gasteiger partial charge is 0.426 e. The highest BCUT2D eigenvalue weighted by molar-refractivity contribution is 7.89. The van der Waals surface area contributed by atoms with Gasteiger partial charge in [0.1, 0.15) is 0 Å². The van der Waals surface area contributed by atoms with Gasteiger partial charge in [-0.15, -0.1) is 0 Å². The van der Waals surface area contributed by atoms with E-state index in [0.717, 1.165) is 18.2 Å². The molecule has 0 heterocycles. The molecule has 0 aliphatic carbocycles. The molecule has 4 N–H and O–H groups in total. The van der Waals surface area contributed by atoms with Crippen molar-refractivity contribution in [3.8, 4) is 0 Å². The van der Waals surface area contributed by atoms with Crippen LogP contribution in [0.5, 0.6) is 0 Å². The van der Waals surface area contributed by atoms with Crippen molar-refractivity contribution in [1.29, 1.82) is 0 Å². The van der Waals surface area contributed by atoms with E-state index in [2.05, 4.69) is 4.72 Å². The van der Waals surface area contributed by atoms with E-state index in [1.807, 2.05) is 0 Å². The van der Waals surface area contributed by atoms with E-state index in [0.29, 0.717) is 0 Å². The predicted molar refractivity (Wildman–Crippen MR) is 89.9 cm³/mol.